The molecule has 2 aromatic rings. The summed E-state index contributed by atoms with van der Waals surface area (Å²) in [5.74, 6) is -0.173. The largest absolute Gasteiger partial charge is 0.496 e. The van der Waals surface area contributed by atoms with Crippen molar-refractivity contribution in [2.45, 2.75) is 13.0 Å². The first-order valence-electron chi connectivity index (χ1n) is 9.93. The van der Waals surface area contributed by atoms with Crippen molar-refractivity contribution in [3.63, 3.8) is 0 Å². The highest BCUT2D eigenvalue weighted by molar-refractivity contribution is 6.33. The molecule has 1 fully saturated rings. The lowest BCUT2D eigenvalue weighted by atomic mass is 10.1. The first-order chi connectivity index (χ1) is 14.9. The zero-order valence-corrected chi connectivity index (χ0v) is 18.7. The lowest BCUT2D eigenvalue weighted by Gasteiger charge is -2.35. The number of halogens is 3. The van der Waals surface area contributed by atoms with Crippen LogP contribution < -0.4 is 10.1 Å². The van der Waals surface area contributed by atoms with Crippen molar-refractivity contribution in [3.05, 3.63) is 63.4 Å². The van der Waals surface area contributed by atoms with E-state index in [0.29, 0.717) is 24.7 Å². The number of piperazine rings is 1. The molecule has 6 nitrogen and oxygen atoms in total. The van der Waals surface area contributed by atoms with Gasteiger partial charge in [0.05, 0.1) is 17.7 Å². The first kappa shape index (κ1) is 23.3. The second-order valence-corrected chi connectivity index (χ2v) is 8.09. The second kappa shape index (κ2) is 10.8. The number of hydrogen-bond donors (Lipinski definition) is 1. The molecule has 1 saturated heterocycles. The van der Waals surface area contributed by atoms with Gasteiger partial charge in [-0.25, -0.2) is 4.39 Å². The molecule has 0 radical (unpaired) electrons. The van der Waals surface area contributed by atoms with Gasteiger partial charge in [-0.2, -0.15) is 0 Å². The van der Waals surface area contributed by atoms with Crippen molar-refractivity contribution in [2.24, 2.45) is 0 Å². The standard InChI is InChI=1S/C22H24Cl2FN3O3/c1-31-20-5-2-16(23)12-15(20)14-27-8-10-28(11-9-27)21(29)6-7-26-22(30)18-4-3-17(25)13-19(18)24/h2-5,12-13H,6-11,14H2,1H3,(H,26,30). The van der Waals surface area contributed by atoms with Gasteiger partial charge in [-0.15, -0.1) is 0 Å². The summed E-state index contributed by atoms with van der Waals surface area (Å²) in [6, 6.07) is 9.12. The lowest BCUT2D eigenvalue weighted by Crippen LogP contribution is -2.48. The Hall–Kier alpha value is -2.35. The Morgan fingerprint density at radius 1 is 1.10 bits per heavy atom. The van der Waals surface area contributed by atoms with Crippen LogP contribution in [0, 0.1) is 5.82 Å². The van der Waals surface area contributed by atoms with Crippen LogP contribution in [-0.2, 0) is 11.3 Å². The zero-order valence-electron chi connectivity index (χ0n) is 17.2. The van der Waals surface area contributed by atoms with E-state index in [4.69, 9.17) is 27.9 Å². The van der Waals surface area contributed by atoms with Gasteiger partial charge in [-0.1, -0.05) is 23.2 Å². The van der Waals surface area contributed by atoms with Crippen LogP contribution >= 0.6 is 23.2 Å². The minimum Gasteiger partial charge on any atom is -0.496 e. The smallest absolute Gasteiger partial charge is 0.252 e. The van der Waals surface area contributed by atoms with E-state index in [1.807, 2.05) is 12.1 Å². The Bertz CT molecular complexity index is 950. The van der Waals surface area contributed by atoms with E-state index < -0.39 is 11.7 Å². The molecule has 0 bridgehead atoms. The van der Waals surface area contributed by atoms with E-state index >= 15 is 0 Å². The summed E-state index contributed by atoms with van der Waals surface area (Å²) in [4.78, 5) is 28.7. The van der Waals surface area contributed by atoms with E-state index in [2.05, 4.69) is 10.2 Å². The summed E-state index contributed by atoms with van der Waals surface area (Å²) >= 11 is 12.0. The fourth-order valence-corrected chi connectivity index (χ4v) is 3.92. The van der Waals surface area contributed by atoms with Crippen LogP contribution in [0.1, 0.15) is 22.3 Å². The van der Waals surface area contributed by atoms with Crippen molar-refractivity contribution >= 4 is 35.0 Å². The summed E-state index contributed by atoms with van der Waals surface area (Å²) in [5, 5.41) is 3.36. The molecule has 1 aliphatic heterocycles. The van der Waals surface area contributed by atoms with Crippen LogP contribution in [0.5, 0.6) is 5.75 Å². The number of ether oxygens (including phenoxy) is 1. The van der Waals surface area contributed by atoms with E-state index in [0.717, 1.165) is 30.5 Å². The number of nitrogens with one attached hydrogen (secondary N) is 1. The monoisotopic (exact) mass is 467 g/mol. The summed E-state index contributed by atoms with van der Waals surface area (Å²) in [7, 11) is 1.63. The van der Waals surface area contributed by atoms with E-state index in [9.17, 15) is 14.0 Å². The third-order valence-corrected chi connectivity index (χ3v) is 5.71. The molecule has 2 aromatic carbocycles. The highest BCUT2D eigenvalue weighted by Crippen LogP contribution is 2.24. The number of carbonyl (C=O) groups excluding carboxylic acids is 2. The molecule has 0 aromatic heterocycles. The molecule has 0 saturated carbocycles. The summed E-state index contributed by atoms with van der Waals surface area (Å²) in [6.45, 7) is 3.57. The number of amides is 2. The van der Waals surface area contributed by atoms with Crippen LogP contribution in [0.4, 0.5) is 4.39 Å². The number of carbonyl (C=O) groups is 2. The molecule has 1 N–H and O–H groups in total. The van der Waals surface area contributed by atoms with Crippen LogP contribution in [-0.4, -0.2) is 61.4 Å². The number of methoxy groups -OCH3 is 1. The molecule has 31 heavy (non-hydrogen) atoms. The average Bonchev–Trinajstić information content (AvgIpc) is 2.74. The van der Waals surface area contributed by atoms with Crippen molar-refractivity contribution in [1.82, 2.24) is 15.1 Å². The molecule has 9 heteroatoms. The molecule has 2 amide bonds. The molecule has 0 spiro atoms. The fourth-order valence-electron chi connectivity index (χ4n) is 3.48. The van der Waals surface area contributed by atoms with Gasteiger partial charge >= 0.3 is 0 Å². The molecule has 0 aliphatic carbocycles. The third kappa shape index (κ3) is 6.32. The van der Waals surface area contributed by atoms with Crippen LogP contribution in [0.25, 0.3) is 0 Å². The molecular weight excluding hydrogens is 444 g/mol. The zero-order chi connectivity index (χ0) is 22.4. The minimum absolute atomic E-state index is 0.0227. The fraction of sp³-hybridized carbons (Fsp3) is 0.364. The van der Waals surface area contributed by atoms with E-state index in [-0.39, 0.29) is 29.5 Å². The van der Waals surface area contributed by atoms with Crippen molar-refractivity contribution in [1.29, 1.82) is 0 Å². The quantitative estimate of drug-likeness (QED) is 0.675. The highest BCUT2D eigenvalue weighted by Gasteiger charge is 2.22. The SMILES string of the molecule is COc1ccc(Cl)cc1CN1CCN(C(=O)CCNC(=O)c2ccc(F)cc2Cl)CC1. The molecule has 3 rings (SSSR count). The maximum absolute atomic E-state index is 13.1. The molecule has 0 unspecified atom stereocenters. The summed E-state index contributed by atoms with van der Waals surface area (Å²) in [6.07, 6.45) is 0.187. The Labute approximate surface area is 190 Å². The van der Waals surface area contributed by atoms with Crippen molar-refractivity contribution < 1.29 is 18.7 Å². The van der Waals surface area contributed by atoms with Crippen molar-refractivity contribution in [2.75, 3.05) is 39.8 Å². The van der Waals surface area contributed by atoms with Crippen LogP contribution in [0.2, 0.25) is 10.0 Å². The van der Waals surface area contributed by atoms with Gasteiger partial charge in [0, 0.05) is 56.3 Å². The molecule has 166 valence electrons. The van der Waals surface area contributed by atoms with Crippen LogP contribution in [0.3, 0.4) is 0 Å². The predicted octanol–water partition coefficient (Wildman–Crippen LogP) is 3.61. The Balaban J connectivity index is 1.43. The number of hydrogen-bond acceptors (Lipinski definition) is 4. The Morgan fingerprint density at radius 3 is 2.52 bits per heavy atom. The van der Waals surface area contributed by atoms with Gasteiger partial charge in [-0.05, 0) is 36.4 Å². The molecule has 0 atom stereocenters. The van der Waals surface area contributed by atoms with Gasteiger partial charge < -0.3 is 15.0 Å². The second-order valence-electron chi connectivity index (χ2n) is 7.24. The third-order valence-electron chi connectivity index (χ3n) is 5.16. The van der Waals surface area contributed by atoms with E-state index in [1.54, 1.807) is 18.1 Å². The highest BCUT2D eigenvalue weighted by atomic mass is 35.5. The maximum Gasteiger partial charge on any atom is 0.252 e. The maximum atomic E-state index is 13.1. The van der Waals surface area contributed by atoms with Gasteiger partial charge in [0.15, 0.2) is 0 Å². The number of nitrogens with zero attached hydrogens (tertiary/aromatic N) is 2. The minimum atomic E-state index is -0.510. The molecule has 1 heterocycles. The van der Waals surface area contributed by atoms with Gasteiger partial charge in [0.2, 0.25) is 5.91 Å². The van der Waals surface area contributed by atoms with E-state index in [1.165, 1.54) is 12.1 Å². The predicted molar refractivity (Wildman–Crippen MR) is 118 cm³/mol. The van der Waals surface area contributed by atoms with Gasteiger partial charge in [0.1, 0.15) is 11.6 Å². The summed E-state index contributed by atoms with van der Waals surface area (Å²) in [5.41, 5.74) is 1.19. The van der Waals surface area contributed by atoms with Crippen molar-refractivity contribution in [3.8, 4) is 5.75 Å². The Kier molecular flexibility index (Phi) is 8.12. The number of rotatable bonds is 7. The average molecular weight is 468 g/mol. The number of benzene rings is 2. The first-order valence-corrected chi connectivity index (χ1v) is 10.7. The van der Waals surface area contributed by atoms with Crippen LogP contribution in [0.15, 0.2) is 36.4 Å². The van der Waals surface area contributed by atoms with Gasteiger partial charge in [0.25, 0.3) is 5.91 Å². The normalized spacial score (nSPS) is 14.4. The lowest BCUT2D eigenvalue weighted by molar-refractivity contribution is -0.132. The summed E-state index contributed by atoms with van der Waals surface area (Å²) < 4.78 is 18.5. The van der Waals surface area contributed by atoms with Gasteiger partial charge in [-0.3, -0.25) is 14.5 Å². The Morgan fingerprint density at radius 2 is 1.84 bits per heavy atom. The molecular formula is C22H24Cl2FN3O3. The molecule has 1 aliphatic rings. The topological polar surface area (TPSA) is 61.9 Å².